The fraction of sp³-hybridized carbons (Fsp3) is 0.474. The topological polar surface area (TPSA) is 9.23 Å². The molecular weight excluding hydrogens is 548 g/mol. The van der Waals surface area contributed by atoms with E-state index in [0.29, 0.717) is 29.2 Å². The third kappa shape index (κ3) is 8.74. The third-order valence-corrected chi connectivity index (χ3v) is 8.72. The molecule has 232 valence electrons. The van der Waals surface area contributed by atoms with Crippen molar-refractivity contribution in [1.82, 2.24) is 0 Å². The largest absolute Gasteiger partial charge is 0.490 e. The monoisotopic (exact) mass is 594 g/mol. The van der Waals surface area contributed by atoms with E-state index in [1.165, 1.54) is 50.7 Å². The first-order valence-electron chi connectivity index (χ1n) is 16.3. The predicted octanol–water partition coefficient (Wildman–Crippen LogP) is 12.5. The molecule has 0 N–H and O–H groups in total. The van der Waals surface area contributed by atoms with Crippen LogP contribution in [0.15, 0.2) is 54.6 Å². The molecule has 0 fully saturated rings. The molecule has 1 aliphatic carbocycles. The Morgan fingerprint density at radius 1 is 0.605 bits per heavy atom. The summed E-state index contributed by atoms with van der Waals surface area (Å²) in [5, 5.41) is 0. The van der Waals surface area contributed by atoms with Crippen molar-refractivity contribution in [3.63, 3.8) is 0 Å². The standard InChI is InChI=1S/C38H46F4O/c1-3-5-7-9-11-13-27-14-16-28(17-15-27)31-22-23-32(36(40)35(31)39)29-18-20-30(21-19-29)33-24-25-34(38(42)37(33)41)43-26-12-10-8-6-4-2/h16,18-25,27H,3-15,17,26H2,1-2H3. The molecule has 1 unspecified atom stereocenters. The van der Waals surface area contributed by atoms with Gasteiger partial charge in [-0.2, -0.15) is 4.39 Å². The van der Waals surface area contributed by atoms with Crippen molar-refractivity contribution >= 4 is 5.57 Å². The Balaban J connectivity index is 1.39. The molecule has 5 heteroatoms. The van der Waals surface area contributed by atoms with E-state index in [4.69, 9.17) is 4.74 Å². The van der Waals surface area contributed by atoms with Crippen molar-refractivity contribution in [2.75, 3.05) is 6.61 Å². The predicted molar refractivity (Wildman–Crippen MR) is 170 cm³/mol. The van der Waals surface area contributed by atoms with E-state index in [1.807, 2.05) is 0 Å². The molecular formula is C38H46F4O. The number of allylic oxidation sites excluding steroid dienone is 2. The molecule has 3 aromatic carbocycles. The van der Waals surface area contributed by atoms with E-state index in [1.54, 1.807) is 36.4 Å². The summed E-state index contributed by atoms with van der Waals surface area (Å²) in [7, 11) is 0. The average molecular weight is 595 g/mol. The lowest BCUT2D eigenvalue weighted by atomic mass is 9.83. The van der Waals surface area contributed by atoms with Gasteiger partial charge < -0.3 is 4.74 Å². The molecule has 0 aliphatic heterocycles. The molecule has 0 amide bonds. The van der Waals surface area contributed by atoms with E-state index in [2.05, 4.69) is 19.9 Å². The maximum atomic E-state index is 15.3. The van der Waals surface area contributed by atoms with Crippen molar-refractivity contribution in [2.24, 2.45) is 5.92 Å². The number of rotatable bonds is 16. The SMILES string of the molecule is CCCCCCCOc1ccc(-c2ccc(-c3ccc(C4=CCC(CCCCCCC)CC4)c(F)c3F)cc2)c(F)c1F. The van der Waals surface area contributed by atoms with Crippen LogP contribution in [-0.2, 0) is 0 Å². The first-order chi connectivity index (χ1) is 20.9. The maximum absolute atomic E-state index is 15.3. The van der Waals surface area contributed by atoms with Gasteiger partial charge >= 0.3 is 0 Å². The van der Waals surface area contributed by atoms with Gasteiger partial charge in [-0.25, -0.2) is 13.2 Å². The van der Waals surface area contributed by atoms with Gasteiger partial charge in [-0.3, -0.25) is 0 Å². The summed E-state index contributed by atoms with van der Waals surface area (Å²) in [6.07, 6.45) is 17.5. The lowest BCUT2D eigenvalue weighted by Crippen LogP contribution is -2.07. The van der Waals surface area contributed by atoms with Crippen LogP contribution in [-0.4, -0.2) is 6.61 Å². The molecule has 4 rings (SSSR count). The van der Waals surface area contributed by atoms with Gasteiger partial charge in [0, 0.05) is 16.7 Å². The van der Waals surface area contributed by atoms with Gasteiger partial charge in [0.1, 0.15) is 0 Å². The lowest BCUT2D eigenvalue weighted by molar-refractivity contribution is 0.285. The van der Waals surface area contributed by atoms with Crippen molar-refractivity contribution in [3.05, 3.63) is 83.4 Å². The zero-order valence-corrected chi connectivity index (χ0v) is 25.8. The highest BCUT2D eigenvalue weighted by Crippen LogP contribution is 2.37. The van der Waals surface area contributed by atoms with Gasteiger partial charge in [-0.05, 0) is 60.4 Å². The fourth-order valence-corrected chi connectivity index (χ4v) is 6.04. The van der Waals surface area contributed by atoms with Crippen LogP contribution >= 0.6 is 0 Å². The van der Waals surface area contributed by atoms with Crippen molar-refractivity contribution < 1.29 is 22.3 Å². The summed E-state index contributed by atoms with van der Waals surface area (Å²) in [5.41, 5.74) is 2.35. The highest BCUT2D eigenvalue weighted by Gasteiger charge is 2.22. The summed E-state index contributed by atoms with van der Waals surface area (Å²) in [5.74, 6) is -3.21. The van der Waals surface area contributed by atoms with Gasteiger partial charge in [-0.15, -0.1) is 0 Å². The van der Waals surface area contributed by atoms with Crippen LogP contribution < -0.4 is 4.74 Å². The Labute approximate surface area is 255 Å². The number of unbranched alkanes of at least 4 members (excludes halogenated alkanes) is 8. The molecule has 3 aromatic rings. The molecule has 0 saturated heterocycles. The van der Waals surface area contributed by atoms with Gasteiger partial charge in [-0.1, -0.05) is 121 Å². The van der Waals surface area contributed by atoms with E-state index in [0.717, 1.165) is 56.9 Å². The summed E-state index contributed by atoms with van der Waals surface area (Å²) in [6.45, 7) is 4.70. The van der Waals surface area contributed by atoms with Crippen molar-refractivity contribution in [2.45, 2.75) is 104 Å². The number of ether oxygens (including phenoxy) is 1. The summed E-state index contributed by atoms with van der Waals surface area (Å²) in [4.78, 5) is 0. The normalized spacial score (nSPS) is 15.0. The van der Waals surface area contributed by atoms with Crippen molar-refractivity contribution in [1.29, 1.82) is 0 Å². The van der Waals surface area contributed by atoms with Crippen LogP contribution in [0.25, 0.3) is 27.8 Å². The molecule has 0 aromatic heterocycles. The Morgan fingerprint density at radius 3 is 1.74 bits per heavy atom. The third-order valence-electron chi connectivity index (χ3n) is 8.72. The minimum absolute atomic E-state index is 0.0878. The Hall–Kier alpha value is -3.08. The second kappa shape index (κ2) is 16.7. The number of benzene rings is 3. The second-order valence-corrected chi connectivity index (χ2v) is 11.9. The zero-order chi connectivity index (χ0) is 30.6. The minimum atomic E-state index is -1.02. The highest BCUT2D eigenvalue weighted by atomic mass is 19.2. The van der Waals surface area contributed by atoms with E-state index in [-0.39, 0.29) is 16.9 Å². The molecule has 43 heavy (non-hydrogen) atoms. The molecule has 1 nitrogen and oxygen atoms in total. The fourth-order valence-electron chi connectivity index (χ4n) is 6.04. The smallest absolute Gasteiger partial charge is 0.201 e. The quantitative estimate of drug-likeness (QED) is 0.118. The average Bonchev–Trinajstić information content (AvgIpc) is 3.03. The highest BCUT2D eigenvalue weighted by molar-refractivity contribution is 5.74. The van der Waals surface area contributed by atoms with E-state index < -0.39 is 23.3 Å². The van der Waals surface area contributed by atoms with E-state index >= 15 is 8.78 Å². The summed E-state index contributed by atoms with van der Waals surface area (Å²) in [6, 6.07) is 12.6. The van der Waals surface area contributed by atoms with Crippen molar-refractivity contribution in [3.8, 4) is 28.0 Å². The van der Waals surface area contributed by atoms with E-state index in [9.17, 15) is 8.78 Å². The first kappa shape index (κ1) is 32.8. The van der Waals surface area contributed by atoms with Crippen LogP contribution in [0.3, 0.4) is 0 Å². The van der Waals surface area contributed by atoms with Crippen LogP contribution in [0.1, 0.15) is 109 Å². The minimum Gasteiger partial charge on any atom is -0.490 e. The Kier molecular flexibility index (Phi) is 12.7. The molecule has 0 bridgehead atoms. The molecule has 1 aliphatic rings. The van der Waals surface area contributed by atoms with Gasteiger partial charge in [0.15, 0.2) is 23.2 Å². The lowest BCUT2D eigenvalue weighted by Gasteiger charge is -2.22. The van der Waals surface area contributed by atoms with Crippen LogP contribution in [0, 0.1) is 29.2 Å². The number of hydrogen-bond donors (Lipinski definition) is 0. The zero-order valence-electron chi connectivity index (χ0n) is 25.8. The molecule has 0 saturated carbocycles. The number of hydrogen-bond acceptors (Lipinski definition) is 1. The van der Waals surface area contributed by atoms with Crippen LogP contribution in [0.5, 0.6) is 5.75 Å². The van der Waals surface area contributed by atoms with Crippen LogP contribution in [0.4, 0.5) is 17.6 Å². The summed E-state index contributed by atoms with van der Waals surface area (Å²) < 4.78 is 65.7. The summed E-state index contributed by atoms with van der Waals surface area (Å²) >= 11 is 0. The first-order valence-corrected chi connectivity index (χ1v) is 16.3. The van der Waals surface area contributed by atoms with Gasteiger partial charge in [0.2, 0.25) is 5.82 Å². The molecule has 1 atom stereocenters. The van der Waals surface area contributed by atoms with Gasteiger partial charge in [0.25, 0.3) is 0 Å². The molecule has 0 spiro atoms. The Morgan fingerprint density at radius 2 is 1.14 bits per heavy atom. The Bertz CT molecular complexity index is 1350. The van der Waals surface area contributed by atoms with Gasteiger partial charge in [0.05, 0.1) is 6.61 Å². The second-order valence-electron chi connectivity index (χ2n) is 11.9. The van der Waals surface area contributed by atoms with Crippen LogP contribution in [0.2, 0.25) is 0 Å². The maximum Gasteiger partial charge on any atom is 0.201 e. The molecule has 0 heterocycles. The number of halogens is 4. The molecule has 0 radical (unpaired) electrons.